The fourth-order valence-corrected chi connectivity index (χ4v) is 3.28. The molecule has 0 N–H and O–H groups in total. The first-order valence-corrected chi connectivity index (χ1v) is 8.14. The van der Waals surface area contributed by atoms with Gasteiger partial charge in [0.05, 0.1) is 11.8 Å². The van der Waals surface area contributed by atoms with Gasteiger partial charge in [-0.2, -0.15) is 5.10 Å². The fraction of sp³-hybridized carbons (Fsp3) is 0.143. The van der Waals surface area contributed by atoms with Gasteiger partial charge in [0.15, 0.2) is 0 Å². The van der Waals surface area contributed by atoms with Crippen molar-refractivity contribution in [3.8, 4) is 0 Å². The SMILES string of the molecule is CC(=O)N1N=C(c2ccccc2)C[C@H]1c1ccc2ccccc2c1. The third kappa shape index (κ3) is 2.58. The Hall–Kier alpha value is -2.94. The predicted octanol–water partition coefficient (Wildman–Crippen LogP) is 4.54. The Bertz CT molecular complexity index is 931. The molecule has 3 aromatic carbocycles. The fourth-order valence-electron chi connectivity index (χ4n) is 3.28. The highest BCUT2D eigenvalue weighted by atomic mass is 16.2. The van der Waals surface area contributed by atoms with Crippen molar-refractivity contribution in [2.75, 3.05) is 0 Å². The molecule has 3 heteroatoms. The zero-order chi connectivity index (χ0) is 16.5. The molecule has 0 saturated carbocycles. The number of hydrogen-bond acceptors (Lipinski definition) is 2. The van der Waals surface area contributed by atoms with Crippen LogP contribution < -0.4 is 0 Å². The van der Waals surface area contributed by atoms with Crippen LogP contribution in [0.2, 0.25) is 0 Å². The van der Waals surface area contributed by atoms with Gasteiger partial charge < -0.3 is 0 Å². The molecule has 0 aliphatic carbocycles. The van der Waals surface area contributed by atoms with Gasteiger partial charge in [-0.25, -0.2) is 5.01 Å². The molecule has 24 heavy (non-hydrogen) atoms. The first kappa shape index (κ1) is 14.6. The standard InChI is InChI=1S/C21H18N2O/c1-15(24)23-21(14-20(22-23)17-8-3-2-4-9-17)19-12-11-16-7-5-6-10-18(16)13-19/h2-13,21H,14H2,1H3/t21-/m0/s1. The molecule has 0 fully saturated rings. The van der Waals surface area contributed by atoms with Crippen molar-refractivity contribution in [3.63, 3.8) is 0 Å². The molecule has 1 aliphatic heterocycles. The molecule has 3 nitrogen and oxygen atoms in total. The maximum atomic E-state index is 12.1. The molecule has 1 aliphatic rings. The van der Waals surface area contributed by atoms with Crippen molar-refractivity contribution in [2.45, 2.75) is 19.4 Å². The van der Waals surface area contributed by atoms with E-state index < -0.39 is 0 Å². The Kier molecular flexibility index (Phi) is 3.62. The van der Waals surface area contributed by atoms with Gasteiger partial charge in [0, 0.05) is 13.3 Å². The van der Waals surface area contributed by atoms with E-state index in [4.69, 9.17) is 0 Å². The van der Waals surface area contributed by atoms with E-state index >= 15 is 0 Å². The van der Waals surface area contributed by atoms with Crippen LogP contribution in [0.25, 0.3) is 10.8 Å². The van der Waals surface area contributed by atoms with Crippen LogP contribution in [0.3, 0.4) is 0 Å². The third-order valence-corrected chi connectivity index (χ3v) is 4.50. The zero-order valence-electron chi connectivity index (χ0n) is 13.5. The summed E-state index contributed by atoms with van der Waals surface area (Å²) in [6.07, 6.45) is 0.738. The Morgan fingerprint density at radius 3 is 2.42 bits per heavy atom. The first-order valence-electron chi connectivity index (χ1n) is 8.14. The summed E-state index contributed by atoms with van der Waals surface area (Å²) in [5.74, 6) is -0.0286. The zero-order valence-corrected chi connectivity index (χ0v) is 13.5. The Labute approximate surface area is 141 Å². The Balaban J connectivity index is 1.72. The van der Waals surface area contributed by atoms with Crippen molar-refractivity contribution in [3.05, 3.63) is 83.9 Å². The maximum Gasteiger partial charge on any atom is 0.240 e. The topological polar surface area (TPSA) is 32.7 Å². The molecule has 0 spiro atoms. The molecule has 0 radical (unpaired) electrons. The van der Waals surface area contributed by atoms with Crippen LogP contribution >= 0.6 is 0 Å². The van der Waals surface area contributed by atoms with E-state index in [9.17, 15) is 4.79 Å². The van der Waals surface area contributed by atoms with E-state index in [1.807, 2.05) is 42.5 Å². The number of hydrazone groups is 1. The number of rotatable bonds is 2. The summed E-state index contributed by atoms with van der Waals surface area (Å²) in [4.78, 5) is 12.1. The predicted molar refractivity (Wildman–Crippen MR) is 96.8 cm³/mol. The van der Waals surface area contributed by atoms with E-state index in [0.717, 1.165) is 23.3 Å². The van der Waals surface area contributed by atoms with Gasteiger partial charge in [0.1, 0.15) is 0 Å². The van der Waals surface area contributed by atoms with Gasteiger partial charge in [-0.1, -0.05) is 66.7 Å². The van der Waals surface area contributed by atoms with E-state index in [-0.39, 0.29) is 11.9 Å². The van der Waals surface area contributed by atoms with Gasteiger partial charge >= 0.3 is 0 Å². The molecule has 0 aromatic heterocycles. The van der Waals surface area contributed by atoms with Gasteiger partial charge in [-0.05, 0) is 28.0 Å². The number of nitrogens with zero attached hydrogens (tertiary/aromatic N) is 2. The largest absolute Gasteiger partial charge is 0.273 e. The first-order chi connectivity index (χ1) is 11.7. The number of carbonyl (C=O) groups excluding carboxylic acids is 1. The summed E-state index contributed by atoms with van der Waals surface area (Å²) in [5, 5.41) is 8.61. The molecular weight excluding hydrogens is 296 g/mol. The molecule has 4 rings (SSSR count). The summed E-state index contributed by atoms with van der Waals surface area (Å²) < 4.78 is 0. The lowest BCUT2D eigenvalue weighted by Gasteiger charge is -2.20. The highest BCUT2D eigenvalue weighted by Gasteiger charge is 2.31. The molecule has 3 aromatic rings. The molecule has 0 saturated heterocycles. The van der Waals surface area contributed by atoms with Crippen LogP contribution in [0.4, 0.5) is 0 Å². The number of carbonyl (C=O) groups is 1. The molecule has 1 amide bonds. The third-order valence-electron chi connectivity index (χ3n) is 4.50. The minimum absolute atomic E-state index is 0.0286. The summed E-state index contributed by atoms with van der Waals surface area (Å²) in [5.41, 5.74) is 3.16. The average Bonchev–Trinajstić information content (AvgIpc) is 3.08. The lowest BCUT2D eigenvalue weighted by molar-refractivity contribution is -0.130. The second-order valence-corrected chi connectivity index (χ2v) is 6.10. The minimum Gasteiger partial charge on any atom is -0.273 e. The monoisotopic (exact) mass is 314 g/mol. The molecular formula is C21H18N2O. The van der Waals surface area contributed by atoms with Crippen molar-refractivity contribution in [1.82, 2.24) is 5.01 Å². The number of fused-ring (bicyclic) bond motifs is 1. The lowest BCUT2D eigenvalue weighted by atomic mass is 9.96. The van der Waals surface area contributed by atoms with Crippen LogP contribution in [-0.2, 0) is 4.79 Å². The van der Waals surface area contributed by atoms with E-state index in [1.165, 1.54) is 10.8 Å². The molecule has 118 valence electrons. The van der Waals surface area contributed by atoms with E-state index in [1.54, 1.807) is 11.9 Å². The summed E-state index contributed by atoms with van der Waals surface area (Å²) in [6.45, 7) is 1.57. The Morgan fingerprint density at radius 1 is 0.958 bits per heavy atom. The summed E-state index contributed by atoms with van der Waals surface area (Å²) >= 11 is 0. The van der Waals surface area contributed by atoms with Crippen LogP contribution in [0.1, 0.15) is 30.5 Å². The van der Waals surface area contributed by atoms with Crippen molar-refractivity contribution in [2.24, 2.45) is 5.10 Å². The smallest absolute Gasteiger partial charge is 0.240 e. The lowest BCUT2D eigenvalue weighted by Crippen LogP contribution is -2.24. The number of benzene rings is 3. The van der Waals surface area contributed by atoms with Crippen LogP contribution in [0, 0.1) is 0 Å². The highest BCUT2D eigenvalue weighted by Crippen LogP contribution is 2.34. The second-order valence-electron chi connectivity index (χ2n) is 6.10. The molecule has 1 atom stereocenters. The van der Waals surface area contributed by atoms with Gasteiger partial charge in [0.25, 0.3) is 0 Å². The second kappa shape index (κ2) is 5.93. The molecule has 0 unspecified atom stereocenters. The molecule has 0 bridgehead atoms. The van der Waals surface area contributed by atoms with Crippen molar-refractivity contribution < 1.29 is 4.79 Å². The van der Waals surface area contributed by atoms with E-state index in [2.05, 4.69) is 35.4 Å². The Morgan fingerprint density at radius 2 is 1.67 bits per heavy atom. The van der Waals surface area contributed by atoms with Gasteiger partial charge in [0.2, 0.25) is 5.91 Å². The number of amides is 1. The number of hydrogen-bond donors (Lipinski definition) is 0. The quantitative estimate of drug-likeness (QED) is 0.683. The van der Waals surface area contributed by atoms with Crippen LogP contribution in [0.5, 0.6) is 0 Å². The van der Waals surface area contributed by atoms with Crippen molar-refractivity contribution >= 4 is 22.4 Å². The highest BCUT2D eigenvalue weighted by molar-refractivity contribution is 6.03. The minimum atomic E-state index is -0.0395. The van der Waals surface area contributed by atoms with Crippen LogP contribution in [-0.4, -0.2) is 16.6 Å². The maximum absolute atomic E-state index is 12.1. The van der Waals surface area contributed by atoms with E-state index in [0.29, 0.717) is 0 Å². The average molecular weight is 314 g/mol. The van der Waals surface area contributed by atoms with Crippen LogP contribution in [0.15, 0.2) is 77.9 Å². The normalized spacial score (nSPS) is 17.1. The summed E-state index contributed by atoms with van der Waals surface area (Å²) in [7, 11) is 0. The van der Waals surface area contributed by atoms with Gasteiger partial charge in [-0.3, -0.25) is 4.79 Å². The molecule has 1 heterocycles. The van der Waals surface area contributed by atoms with Crippen molar-refractivity contribution in [1.29, 1.82) is 0 Å². The summed E-state index contributed by atoms with van der Waals surface area (Å²) in [6, 6.07) is 24.7. The van der Waals surface area contributed by atoms with Gasteiger partial charge in [-0.15, -0.1) is 0 Å².